The number of nitrogens with one attached hydrogen (secondary N) is 2. The molecule has 2 N–H and O–H groups in total. The number of benzene rings is 2. The van der Waals surface area contributed by atoms with Gasteiger partial charge in [-0.25, -0.2) is 9.78 Å². The summed E-state index contributed by atoms with van der Waals surface area (Å²) in [6.07, 6.45) is 3.35. The number of amides is 2. The van der Waals surface area contributed by atoms with Crippen molar-refractivity contribution >= 4 is 40.3 Å². The highest BCUT2D eigenvalue weighted by Gasteiger charge is 2.32. The second kappa shape index (κ2) is 9.54. The molecule has 2 saturated heterocycles. The van der Waals surface area contributed by atoms with Gasteiger partial charge in [-0.05, 0) is 67.6 Å². The molecule has 0 aliphatic carbocycles. The van der Waals surface area contributed by atoms with E-state index < -0.39 is 6.09 Å². The Labute approximate surface area is 203 Å². The van der Waals surface area contributed by atoms with Gasteiger partial charge < -0.3 is 24.8 Å². The van der Waals surface area contributed by atoms with Crippen molar-refractivity contribution in [3.05, 3.63) is 58.9 Å². The molecule has 3 aromatic rings. The largest absolute Gasteiger partial charge is 0.453 e. The molecular formula is C25H28ClN5O3. The first-order valence-electron chi connectivity index (χ1n) is 11.7. The van der Waals surface area contributed by atoms with Gasteiger partial charge >= 0.3 is 6.09 Å². The van der Waals surface area contributed by atoms with Crippen molar-refractivity contribution in [3.63, 3.8) is 0 Å². The first kappa shape index (κ1) is 22.5. The molecule has 5 rings (SSSR count). The van der Waals surface area contributed by atoms with Crippen LogP contribution in [-0.2, 0) is 9.53 Å². The Morgan fingerprint density at radius 2 is 1.88 bits per heavy atom. The number of alkyl carbamates (subject to hydrolysis) is 1. The van der Waals surface area contributed by atoms with Crippen molar-refractivity contribution in [2.75, 3.05) is 31.6 Å². The van der Waals surface area contributed by atoms with Gasteiger partial charge in [0.15, 0.2) is 0 Å². The molecule has 0 radical (unpaired) electrons. The summed E-state index contributed by atoms with van der Waals surface area (Å²) in [7, 11) is 1.28. The standard InChI is InChI=1S/C25H28ClN5O3/c1-34-25(33)27-15-23(32)31-13-3-5-22(31)24-28-19-11-6-16(14-20(19)29-24)21-4-2-12-30(21)18-9-7-17(26)8-10-18/h6-11,14,21-22H,2-5,12-13,15H2,1H3,(H,27,33)(H,28,29)/t21-,22+/m1/s1. The highest BCUT2D eigenvalue weighted by molar-refractivity contribution is 6.30. The Kier molecular flexibility index (Phi) is 6.32. The predicted molar refractivity (Wildman–Crippen MR) is 131 cm³/mol. The van der Waals surface area contributed by atoms with Crippen LogP contribution >= 0.6 is 11.6 Å². The Hall–Kier alpha value is -3.26. The van der Waals surface area contributed by atoms with E-state index in [2.05, 4.69) is 50.3 Å². The SMILES string of the molecule is COC(=O)NCC(=O)N1CCC[C@H]1c1nc2ccc([C@H]3CCCN3c3ccc(Cl)cc3)cc2[nH]1. The van der Waals surface area contributed by atoms with E-state index in [-0.39, 0.29) is 18.5 Å². The number of halogens is 1. The molecule has 34 heavy (non-hydrogen) atoms. The monoisotopic (exact) mass is 481 g/mol. The minimum atomic E-state index is -0.611. The summed E-state index contributed by atoms with van der Waals surface area (Å²) in [5, 5.41) is 3.21. The van der Waals surface area contributed by atoms with Crippen LogP contribution in [0.4, 0.5) is 10.5 Å². The molecule has 8 nitrogen and oxygen atoms in total. The normalized spacial score (nSPS) is 20.2. The first-order valence-corrected chi connectivity index (χ1v) is 12.0. The van der Waals surface area contributed by atoms with Gasteiger partial charge in [0.1, 0.15) is 12.4 Å². The van der Waals surface area contributed by atoms with Crippen molar-refractivity contribution in [1.82, 2.24) is 20.2 Å². The maximum atomic E-state index is 12.7. The Balaban J connectivity index is 1.36. The van der Waals surface area contributed by atoms with Gasteiger partial charge in [0.05, 0.1) is 30.2 Å². The topological polar surface area (TPSA) is 90.6 Å². The third kappa shape index (κ3) is 4.42. The Morgan fingerprint density at radius 3 is 2.68 bits per heavy atom. The van der Waals surface area contributed by atoms with Crippen molar-refractivity contribution in [2.45, 2.75) is 37.8 Å². The fraction of sp³-hybridized carbons (Fsp3) is 0.400. The van der Waals surface area contributed by atoms with E-state index >= 15 is 0 Å². The molecule has 3 heterocycles. The number of hydrogen-bond acceptors (Lipinski definition) is 5. The van der Waals surface area contributed by atoms with E-state index in [0.29, 0.717) is 12.6 Å². The molecule has 0 unspecified atom stereocenters. The van der Waals surface area contributed by atoms with Gasteiger partial charge in [0.25, 0.3) is 0 Å². The number of methoxy groups -OCH3 is 1. The number of fused-ring (bicyclic) bond motifs is 1. The number of H-pyrrole nitrogens is 1. The molecule has 1 aromatic heterocycles. The van der Waals surface area contributed by atoms with E-state index in [1.54, 1.807) is 4.90 Å². The Bertz CT molecular complexity index is 1190. The van der Waals surface area contributed by atoms with Gasteiger partial charge in [-0.15, -0.1) is 0 Å². The predicted octanol–water partition coefficient (Wildman–Crippen LogP) is 4.58. The lowest BCUT2D eigenvalue weighted by atomic mass is 10.0. The van der Waals surface area contributed by atoms with Gasteiger partial charge in [0.2, 0.25) is 5.91 Å². The number of nitrogens with zero attached hydrogens (tertiary/aromatic N) is 3. The van der Waals surface area contributed by atoms with Crippen molar-refractivity contribution in [2.24, 2.45) is 0 Å². The zero-order valence-electron chi connectivity index (χ0n) is 19.1. The quantitative estimate of drug-likeness (QED) is 0.556. The number of carbonyl (C=O) groups is 2. The number of rotatable bonds is 5. The third-order valence-corrected chi connectivity index (χ3v) is 7.03. The highest BCUT2D eigenvalue weighted by atomic mass is 35.5. The number of imidazole rings is 1. The zero-order chi connectivity index (χ0) is 23.7. The van der Waals surface area contributed by atoms with Crippen molar-refractivity contribution < 1.29 is 14.3 Å². The van der Waals surface area contributed by atoms with Crippen molar-refractivity contribution in [1.29, 1.82) is 0 Å². The molecule has 0 bridgehead atoms. The summed E-state index contributed by atoms with van der Waals surface area (Å²) in [6.45, 7) is 1.57. The molecule has 2 aliphatic heterocycles. The minimum absolute atomic E-state index is 0.0875. The zero-order valence-corrected chi connectivity index (χ0v) is 19.8. The molecule has 0 spiro atoms. The molecule has 9 heteroatoms. The number of ether oxygens (including phenoxy) is 1. The molecule has 178 valence electrons. The molecule has 2 amide bonds. The first-order chi connectivity index (χ1) is 16.5. The Morgan fingerprint density at radius 1 is 1.12 bits per heavy atom. The van der Waals surface area contributed by atoms with Gasteiger partial charge in [-0.3, -0.25) is 4.79 Å². The molecule has 2 aliphatic rings. The van der Waals surface area contributed by atoms with Gasteiger partial charge in [-0.2, -0.15) is 0 Å². The van der Waals surface area contributed by atoms with Crippen LogP contribution in [0.5, 0.6) is 0 Å². The van der Waals surface area contributed by atoms with Crippen LogP contribution < -0.4 is 10.2 Å². The molecule has 2 atom stereocenters. The van der Waals surface area contributed by atoms with Crippen LogP contribution in [0.3, 0.4) is 0 Å². The van der Waals surface area contributed by atoms with Crippen LogP contribution in [0.15, 0.2) is 42.5 Å². The van der Waals surface area contributed by atoms with E-state index in [1.165, 1.54) is 18.4 Å². The van der Waals surface area contributed by atoms with Gasteiger partial charge in [-0.1, -0.05) is 17.7 Å². The minimum Gasteiger partial charge on any atom is -0.453 e. The van der Waals surface area contributed by atoms with E-state index in [0.717, 1.165) is 54.1 Å². The lowest BCUT2D eigenvalue weighted by molar-refractivity contribution is -0.131. The molecule has 0 saturated carbocycles. The van der Waals surface area contributed by atoms with E-state index in [4.69, 9.17) is 16.6 Å². The van der Waals surface area contributed by atoms with Crippen molar-refractivity contribution in [3.8, 4) is 0 Å². The number of likely N-dealkylation sites (tertiary alicyclic amines) is 1. The third-order valence-electron chi connectivity index (χ3n) is 6.78. The molecular weight excluding hydrogens is 454 g/mol. The van der Waals surface area contributed by atoms with Crippen LogP contribution in [0, 0.1) is 0 Å². The van der Waals surface area contributed by atoms with Crippen LogP contribution in [0.2, 0.25) is 5.02 Å². The molecule has 2 fully saturated rings. The maximum Gasteiger partial charge on any atom is 0.407 e. The maximum absolute atomic E-state index is 12.7. The second-order valence-corrected chi connectivity index (χ2v) is 9.25. The summed E-state index contributed by atoms with van der Waals surface area (Å²) in [4.78, 5) is 36.5. The van der Waals surface area contributed by atoms with Crippen LogP contribution in [0.1, 0.15) is 49.2 Å². The van der Waals surface area contributed by atoms with Crippen LogP contribution in [0.25, 0.3) is 11.0 Å². The summed E-state index contributed by atoms with van der Waals surface area (Å²) in [6, 6.07) is 14.6. The average Bonchev–Trinajstić information content (AvgIpc) is 3.61. The second-order valence-electron chi connectivity index (χ2n) is 8.82. The van der Waals surface area contributed by atoms with E-state index in [9.17, 15) is 9.59 Å². The summed E-state index contributed by atoms with van der Waals surface area (Å²) in [5.41, 5.74) is 4.29. The lowest BCUT2D eigenvalue weighted by Crippen LogP contribution is -2.40. The fourth-order valence-corrected chi connectivity index (χ4v) is 5.26. The van der Waals surface area contributed by atoms with Crippen LogP contribution in [-0.4, -0.2) is 53.6 Å². The number of anilines is 1. The highest BCUT2D eigenvalue weighted by Crippen LogP contribution is 2.38. The number of hydrogen-bond donors (Lipinski definition) is 2. The molecule has 2 aromatic carbocycles. The fourth-order valence-electron chi connectivity index (χ4n) is 5.14. The average molecular weight is 482 g/mol. The number of carbonyl (C=O) groups excluding carboxylic acids is 2. The lowest BCUT2D eigenvalue weighted by Gasteiger charge is -2.27. The summed E-state index contributed by atoms with van der Waals surface area (Å²) in [5.74, 6) is 0.649. The van der Waals surface area contributed by atoms with Gasteiger partial charge in [0, 0.05) is 23.8 Å². The number of aromatic nitrogens is 2. The summed E-state index contributed by atoms with van der Waals surface area (Å²) < 4.78 is 4.56. The smallest absolute Gasteiger partial charge is 0.407 e. The summed E-state index contributed by atoms with van der Waals surface area (Å²) >= 11 is 6.08. The van der Waals surface area contributed by atoms with E-state index in [1.807, 2.05) is 12.1 Å². The number of aromatic amines is 1.